The van der Waals surface area contributed by atoms with E-state index in [9.17, 15) is 0 Å². The average molecular weight is 195 g/mol. The molecule has 82 valence electrons. The highest BCUT2D eigenvalue weighted by Crippen LogP contribution is 2.52. The SMILES string of the molecule is CC(C)NCC1(C2CCCC2)CCC1. The van der Waals surface area contributed by atoms with Gasteiger partial charge < -0.3 is 5.32 Å². The second-order valence-electron chi connectivity index (χ2n) is 5.73. The Morgan fingerprint density at radius 2 is 1.79 bits per heavy atom. The smallest absolute Gasteiger partial charge is 0.00128 e. The lowest BCUT2D eigenvalue weighted by atomic mass is 9.60. The highest BCUT2D eigenvalue weighted by Gasteiger charge is 2.44. The molecule has 0 bridgehead atoms. The van der Waals surface area contributed by atoms with Crippen molar-refractivity contribution in [3.63, 3.8) is 0 Å². The minimum atomic E-state index is 0.661. The van der Waals surface area contributed by atoms with Gasteiger partial charge in [-0.2, -0.15) is 0 Å². The van der Waals surface area contributed by atoms with E-state index in [0.29, 0.717) is 6.04 Å². The second kappa shape index (κ2) is 4.22. The third-order valence-electron chi connectivity index (χ3n) is 4.43. The van der Waals surface area contributed by atoms with Gasteiger partial charge in [-0.25, -0.2) is 0 Å². The Kier molecular flexibility index (Phi) is 3.16. The molecule has 0 aromatic heterocycles. The standard InChI is InChI=1S/C13H25N/c1-11(2)14-10-13(8-5-9-13)12-6-3-4-7-12/h11-12,14H,3-10H2,1-2H3. The summed E-state index contributed by atoms with van der Waals surface area (Å²) in [6.07, 6.45) is 10.5. The Labute approximate surface area is 88.7 Å². The Morgan fingerprint density at radius 1 is 1.14 bits per heavy atom. The molecule has 1 heteroatoms. The summed E-state index contributed by atoms with van der Waals surface area (Å²) < 4.78 is 0. The largest absolute Gasteiger partial charge is 0.314 e. The summed E-state index contributed by atoms with van der Waals surface area (Å²) >= 11 is 0. The third-order valence-corrected chi connectivity index (χ3v) is 4.43. The fourth-order valence-electron chi connectivity index (χ4n) is 3.31. The fourth-order valence-corrected chi connectivity index (χ4v) is 3.31. The fraction of sp³-hybridized carbons (Fsp3) is 1.00. The molecule has 0 heterocycles. The molecule has 2 aliphatic rings. The van der Waals surface area contributed by atoms with Crippen LogP contribution in [0.15, 0.2) is 0 Å². The molecule has 2 rings (SSSR count). The quantitative estimate of drug-likeness (QED) is 0.725. The molecule has 0 atom stereocenters. The summed E-state index contributed by atoms with van der Waals surface area (Å²) in [5.41, 5.74) is 0.723. The van der Waals surface area contributed by atoms with Crippen molar-refractivity contribution in [2.75, 3.05) is 6.54 Å². The van der Waals surface area contributed by atoms with Crippen LogP contribution in [0.3, 0.4) is 0 Å². The zero-order valence-corrected chi connectivity index (χ0v) is 9.81. The van der Waals surface area contributed by atoms with Gasteiger partial charge in [0.05, 0.1) is 0 Å². The van der Waals surface area contributed by atoms with E-state index in [1.54, 1.807) is 0 Å². The van der Waals surface area contributed by atoms with E-state index in [4.69, 9.17) is 0 Å². The lowest BCUT2D eigenvalue weighted by Crippen LogP contribution is -2.46. The first-order valence-electron chi connectivity index (χ1n) is 6.46. The average Bonchev–Trinajstić information content (AvgIpc) is 2.55. The molecule has 2 fully saturated rings. The molecule has 0 spiro atoms. The van der Waals surface area contributed by atoms with Gasteiger partial charge in [0.15, 0.2) is 0 Å². The van der Waals surface area contributed by atoms with Gasteiger partial charge in [-0.15, -0.1) is 0 Å². The van der Waals surface area contributed by atoms with Crippen molar-refractivity contribution in [1.82, 2.24) is 5.32 Å². The van der Waals surface area contributed by atoms with Crippen LogP contribution in [0.1, 0.15) is 58.8 Å². The molecular weight excluding hydrogens is 170 g/mol. The number of nitrogens with one attached hydrogen (secondary N) is 1. The van der Waals surface area contributed by atoms with Crippen molar-refractivity contribution in [2.24, 2.45) is 11.3 Å². The van der Waals surface area contributed by atoms with Crippen molar-refractivity contribution >= 4 is 0 Å². The van der Waals surface area contributed by atoms with Crippen LogP contribution < -0.4 is 5.32 Å². The maximum atomic E-state index is 3.67. The van der Waals surface area contributed by atoms with Crippen LogP contribution in [0.2, 0.25) is 0 Å². The van der Waals surface area contributed by atoms with Crippen molar-refractivity contribution in [1.29, 1.82) is 0 Å². The maximum Gasteiger partial charge on any atom is 0.00128 e. The van der Waals surface area contributed by atoms with Crippen LogP contribution in [-0.4, -0.2) is 12.6 Å². The minimum absolute atomic E-state index is 0.661. The Morgan fingerprint density at radius 3 is 2.21 bits per heavy atom. The van der Waals surface area contributed by atoms with Crippen molar-refractivity contribution in [3.8, 4) is 0 Å². The Hall–Kier alpha value is -0.0400. The first kappa shape index (κ1) is 10.5. The van der Waals surface area contributed by atoms with E-state index >= 15 is 0 Å². The van der Waals surface area contributed by atoms with Gasteiger partial charge in [0.1, 0.15) is 0 Å². The summed E-state index contributed by atoms with van der Waals surface area (Å²) in [6.45, 7) is 5.82. The number of hydrogen-bond acceptors (Lipinski definition) is 1. The van der Waals surface area contributed by atoms with Crippen LogP contribution >= 0.6 is 0 Å². The van der Waals surface area contributed by atoms with Gasteiger partial charge in [0.2, 0.25) is 0 Å². The van der Waals surface area contributed by atoms with Gasteiger partial charge in [-0.1, -0.05) is 33.1 Å². The highest BCUT2D eigenvalue weighted by molar-refractivity contribution is 4.96. The maximum absolute atomic E-state index is 3.67. The molecule has 2 aliphatic carbocycles. The molecule has 2 saturated carbocycles. The molecule has 0 aliphatic heterocycles. The Bertz CT molecular complexity index is 176. The van der Waals surface area contributed by atoms with Gasteiger partial charge in [0.25, 0.3) is 0 Å². The Balaban J connectivity index is 1.88. The summed E-state index contributed by atoms with van der Waals surface area (Å²) in [5.74, 6) is 1.06. The monoisotopic (exact) mass is 195 g/mol. The van der Waals surface area contributed by atoms with E-state index in [2.05, 4.69) is 19.2 Å². The molecule has 0 aromatic carbocycles. The van der Waals surface area contributed by atoms with Crippen LogP contribution in [0.25, 0.3) is 0 Å². The van der Waals surface area contributed by atoms with Crippen LogP contribution in [0.5, 0.6) is 0 Å². The summed E-state index contributed by atoms with van der Waals surface area (Å²) in [5, 5.41) is 3.67. The molecule has 1 nitrogen and oxygen atoms in total. The van der Waals surface area contributed by atoms with E-state index in [0.717, 1.165) is 11.3 Å². The van der Waals surface area contributed by atoms with Crippen LogP contribution in [-0.2, 0) is 0 Å². The molecule has 1 N–H and O–H groups in total. The van der Waals surface area contributed by atoms with E-state index < -0.39 is 0 Å². The summed E-state index contributed by atoms with van der Waals surface area (Å²) in [6, 6.07) is 0.661. The van der Waals surface area contributed by atoms with Gasteiger partial charge in [0, 0.05) is 12.6 Å². The topological polar surface area (TPSA) is 12.0 Å². The molecule has 0 amide bonds. The van der Waals surface area contributed by atoms with Crippen molar-refractivity contribution in [3.05, 3.63) is 0 Å². The first-order valence-corrected chi connectivity index (χ1v) is 6.46. The molecule has 0 radical (unpaired) electrons. The van der Waals surface area contributed by atoms with Crippen molar-refractivity contribution in [2.45, 2.75) is 64.8 Å². The zero-order chi connectivity index (χ0) is 10.0. The summed E-state index contributed by atoms with van der Waals surface area (Å²) in [4.78, 5) is 0. The predicted molar refractivity (Wildman–Crippen MR) is 61.4 cm³/mol. The predicted octanol–water partition coefficient (Wildman–Crippen LogP) is 3.34. The number of rotatable bonds is 4. The molecule has 0 aromatic rings. The lowest BCUT2D eigenvalue weighted by Gasteiger charge is -2.47. The molecule has 0 unspecified atom stereocenters. The molecular formula is C13H25N. The van der Waals surface area contributed by atoms with E-state index in [-0.39, 0.29) is 0 Å². The van der Waals surface area contributed by atoms with Crippen molar-refractivity contribution < 1.29 is 0 Å². The molecule has 0 saturated heterocycles. The molecule has 14 heavy (non-hydrogen) atoms. The minimum Gasteiger partial charge on any atom is -0.314 e. The summed E-state index contributed by atoms with van der Waals surface area (Å²) in [7, 11) is 0. The zero-order valence-electron chi connectivity index (χ0n) is 9.81. The van der Waals surface area contributed by atoms with E-state index in [1.165, 1.54) is 51.5 Å². The van der Waals surface area contributed by atoms with Gasteiger partial charge in [-0.05, 0) is 37.0 Å². The highest BCUT2D eigenvalue weighted by atomic mass is 14.9. The van der Waals surface area contributed by atoms with Crippen LogP contribution in [0, 0.1) is 11.3 Å². The van der Waals surface area contributed by atoms with Gasteiger partial charge >= 0.3 is 0 Å². The van der Waals surface area contributed by atoms with E-state index in [1.807, 2.05) is 0 Å². The second-order valence-corrected chi connectivity index (χ2v) is 5.73. The van der Waals surface area contributed by atoms with Crippen LogP contribution in [0.4, 0.5) is 0 Å². The normalized spacial score (nSPS) is 26.8. The number of hydrogen-bond donors (Lipinski definition) is 1. The van der Waals surface area contributed by atoms with Gasteiger partial charge in [-0.3, -0.25) is 0 Å². The lowest BCUT2D eigenvalue weighted by molar-refractivity contribution is 0.0494. The third kappa shape index (κ3) is 1.98. The first-order chi connectivity index (χ1) is 6.73.